The third-order valence-corrected chi connectivity index (χ3v) is 27.1. The zero-order valence-electron chi connectivity index (χ0n) is 73.7. The second kappa shape index (κ2) is 36.0. The highest BCUT2D eigenvalue weighted by atomic mass is 35.5. The molecule has 3 amide bonds. The third-order valence-electron chi connectivity index (χ3n) is 25.1. The lowest BCUT2D eigenvalue weighted by Crippen LogP contribution is -2.62. The Morgan fingerprint density at radius 3 is 1.31 bits per heavy atom. The molecule has 6 aliphatic rings. The number of anilines is 5. The fourth-order valence-corrected chi connectivity index (χ4v) is 20.2. The molecule has 5 N–H and O–H groups in total. The van der Waals surface area contributed by atoms with Gasteiger partial charge in [-0.25, -0.2) is 19.3 Å². The lowest BCUT2D eigenvalue weighted by atomic mass is 10.0. The van der Waals surface area contributed by atoms with Crippen LogP contribution in [-0.4, -0.2) is 170 Å². The molecule has 3 saturated heterocycles. The summed E-state index contributed by atoms with van der Waals surface area (Å²) in [5, 5.41) is 13.7. The Morgan fingerprint density at radius 2 is 0.862 bits per heavy atom. The first kappa shape index (κ1) is 91.2. The summed E-state index contributed by atoms with van der Waals surface area (Å²) < 4.78 is 33.4. The van der Waals surface area contributed by atoms with Gasteiger partial charge < -0.3 is 55.4 Å². The van der Waals surface area contributed by atoms with Crippen LogP contribution in [0.2, 0.25) is 30.1 Å². The van der Waals surface area contributed by atoms with Gasteiger partial charge in [-0.05, 0) is 173 Å². The Balaban J connectivity index is 0.000000143. The van der Waals surface area contributed by atoms with Crippen LogP contribution in [0.4, 0.5) is 32.8 Å². The van der Waals surface area contributed by atoms with Crippen molar-refractivity contribution in [2.45, 2.75) is 150 Å². The number of carbonyl (C=O) groups excluding carboxylic acids is 3. The number of rotatable bonds is 12. The topological polar surface area (TPSA) is 305 Å². The molecule has 6 unspecified atom stereocenters. The molecule has 26 nitrogen and oxygen atoms in total. The predicted molar refractivity (Wildman–Crippen MR) is 516 cm³/mol. The van der Waals surface area contributed by atoms with E-state index in [-0.39, 0.29) is 134 Å². The highest BCUT2D eigenvalue weighted by Crippen LogP contribution is 2.50. The number of hydrogen-bond donors (Lipinski definition) is 3. The summed E-state index contributed by atoms with van der Waals surface area (Å²) in [7, 11) is 0. The molecule has 0 radical (unpaired) electrons. The number of nitrogens with zero attached hydrogens (tertiary/aromatic N) is 15. The predicted octanol–water partition coefficient (Wildman–Crippen LogP) is 18.1. The first-order valence-electron chi connectivity index (χ1n) is 42.8. The van der Waals surface area contributed by atoms with Crippen LogP contribution >= 0.6 is 69.6 Å². The van der Waals surface area contributed by atoms with Gasteiger partial charge >= 0.3 is 11.1 Å². The molecule has 0 bridgehead atoms. The molecular formula is C97H96Cl6FN17O9. The monoisotopic (exact) mass is 1870 g/mol. The summed E-state index contributed by atoms with van der Waals surface area (Å²) in [5.74, 6) is -1.10. The number of piperazine rings is 3. The number of aromatic nitrogens is 9. The number of amides is 3. The summed E-state index contributed by atoms with van der Waals surface area (Å²) in [6, 6.07) is 22.5. The molecule has 6 atom stereocenters. The van der Waals surface area contributed by atoms with E-state index in [1.165, 1.54) is 41.0 Å². The maximum Gasteiger partial charge on any atom is 0.301 e. The van der Waals surface area contributed by atoms with Crippen LogP contribution in [0.1, 0.15) is 126 Å². The zero-order valence-corrected chi connectivity index (χ0v) is 78.2. The van der Waals surface area contributed by atoms with Crippen molar-refractivity contribution in [1.29, 1.82) is 0 Å². The van der Waals surface area contributed by atoms with Gasteiger partial charge in [0.25, 0.3) is 5.56 Å². The van der Waals surface area contributed by atoms with Crippen LogP contribution in [0.25, 0.3) is 83.9 Å². The minimum absolute atomic E-state index is 0.00253. The first-order chi connectivity index (χ1) is 61.9. The van der Waals surface area contributed by atoms with Crippen LogP contribution in [0.5, 0.6) is 17.2 Å². The highest BCUT2D eigenvalue weighted by molar-refractivity contribution is 6.44. The standard InChI is InChI=1S/C33H34Cl2N6O3.C32H30Cl2FN5O4.C32H32Cl2N6O2/c1-6-26(42)39-16-21-10-12-44-31-30(40(21)15-19(39)5)23-14-25(35)28(22-13-20(36)7-8-24(22)34)38-32(23)41(33(31)43)29-18(4)9-11-37-27(29)17(2)3;1-6-24(42)38-13-18-14-44-30-29(39(18)12-17(38)5)21-11-23(35)27(20-9-19(41)10-22(33)25(20)34)37-31(21)40(32(30)43)28-16(4)7-8-36-26(28)15(2)3;1-6-26(41)38-15-20-12-23-30(39(20)14-18(38)5)22-13-25(34)28(21-11-19(35)7-8-24(21)33)37-31(22)40(32(23)42)29-17(4)9-10-36-27(29)16(2)3/h6-9,11,13-14,17,19,21H,1,10,12,15-16,36H2,2-5H3;6-11,15,17-18,41H,1,12-14H2,2-5H3;6-11,13,16,18,20H,1,12,14-15,35H2,2-5H3. The van der Waals surface area contributed by atoms with Gasteiger partial charge in [-0.15, -0.1) is 0 Å². The highest BCUT2D eigenvalue weighted by Gasteiger charge is 2.46. The van der Waals surface area contributed by atoms with Gasteiger partial charge in [0.15, 0.2) is 11.3 Å². The molecule has 0 saturated carbocycles. The summed E-state index contributed by atoms with van der Waals surface area (Å²) in [4.78, 5) is 122. The zero-order chi connectivity index (χ0) is 93.1. The Labute approximate surface area is 779 Å². The minimum atomic E-state index is -0.740. The normalized spacial score (nSPS) is 18.0. The molecule has 18 rings (SSSR count). The van der Waals surface area contributed by atoms with Crippen molar-refractivity contribution in [3.63, 3.8) is 0 Å². The molecule has 33 heteroatoms. The molecule has 3 fully saturated rings. The van der Waals surface area contributed by atoms with Crippen molar-refractivity contribution in [2.24, 2.45) is 0 Å². The van der Waals surface area contributed by atoms with Gasteiger partial charge in [-0.2, -0.15) is 0 Å². The van der Waals surface area contributed by atoms with E-state index in [2.05, 4.69) is 58.3 Å². The summed E-state index contributed by atoms with van der Waals surface area (Å²) in [6.07, 6.45) is 10.3. The van der Waals surface area contributed by atoms with E-state index in [1.54, 1.807) is 75.1 Å². The van der Waals surface area contributed by atoms with E-state index in [1.807, 2.05) is 108 Å². The molecule has 130 heavy (non-hydrogen) atoms. The average Bonchev–Trinajstić information content (AvgIpc) is 1.56. The summed E-state index contributed by atoms with van der Waals surface area (Å²) in [5.41, 5.74) is 24.3. The van der Waals surface area contributed by atoms with Gasteiger partial charge in [0.1, 0.15) is 29.5 Å². The smallest absolute Gasteiger partial charge is 0.301 e. The second-order valence-corrected chi connectivity index (χ2v) is 37.1. The average molecular weight is 1880 g/mol. The Morgan fingerprint density at radius 1 is 0.469 bits per heavy atom. The second-order valence-electron chi connectivity index (χ2n) is 34.7. The van der Waals surface area contributed by atoms with Crippen molar-refractivity contribution < 1.29 is 33.4 Å². The number of halogens is 7. The van der Waals surface area contributed by atoms with Crippen LogP contribution in [0, 0.1) is 26.6 Å². The summed E-state index contributed by atoms with van der Waals surface area (Å²) in [6.45, 7) is 38.0. The molecule has 15 heterocycles. The van der Waals surface area contributed by atoms with Gasteiger partial charge in [0.05, 0.1) is 117 Å². The van der Waals surface area contributed by atoms with Crippen molar-refractivity contribution in [3.8, 4) is 68.1 Å². The number of pyridine rings is 9. The number of nitrogen functional groups attached to an aromatic ring is 2. The van der Waals surface area contributed by atoms with Gasteiger partial charge in [-0.1, -0.05) is 131 Å². The van der Waals surface area contributed by atoms with Crippen molar-refractivity contribution >= 4 is 149 Å². The maximum absolute atomic E-state index is 16.2. The van der Waals surface area contributed by atoms with E-state index >= 15 is 4.39 Å². The largest absolute Gasteiger partial charge is 0.508 e. The number of nitrogens with two attached hydrogens (primary N) is 2. The number of phenols is 1. The third kappa shape index (κ3) is 16.0. The van der Waals surface area contributed by atoms with Crippen LogP contribution in [0.15, 0.2) is 156 Å². The van der Waals surface area contributed by atoms with Crippen molar-refractivity contribution in [2.75, 3.05) is 78.6 Å². The number of carbonyl (C=O) groups is 3. The van der Waals surface area contributed by atoms with E-state index in [9.17, 15) is 33.9 Å². The van der Waals surface area contributed by atoms with Crippen molar-refractivity contribution in [1.82, 2.24) is 58.3 Å². The van der Waals surface area contributed by atoms with E-state index < -0.39 is 11.4 Å². The van der Waals surface area contributed by atoms with Gasteiger partial charge in [0.2, 0.25) is 29.2 Å². The van der Waals surface area contributed by atoms with Crippen LogP contribution in [-0.2, 0) is 20.8 Å². The van der Waals surface area contributed by atoms with Crippen molar-refractivity contribution in [3.05, 3.63) is 248 Å². The lowest BCUT2D eigenvalue weighted by Gasteiger charge is -2.48. The fourth-order valence-electron chi connectivity index (χ4n) is 18.9. The first-order valence-corrected chi connectivity index (χ1v) is 45.1. The number of benzene rings is 3. The number of phenolic OH excluding ortho intramolecular Hbond substituents is 1. The van der Waals surface area contributed by atoms with Crippen LogP contribution in [0.3, 0.4) is 0 Å². The van der Waals surface area contributed by atoms with E-state index in [0.29, 0.717) is 174 Å². The molecule has 6 aliphatic heterocycles. The number of fused-ring (bicyclic) bond motifs is 15. The summed E-state index contributed by atoms with van der Waals surface area (Å²) >= 11 is 39.9. The molecule has 672 valence electrons. The Hall–Kier alpha value is -12.1. The lowest BCUT2D eigenvalue weighted by molar-refractivity contribution is -0.129. The van der Waals surface area contributed by atoms with Gasteiger partial charge in [-0.3, -0.25) is 57.4 Å². The molecule has 3 aromatic carbocycles. The quantitative estimate of drug-likeness (QED) is 0.0756. The number of aryl methyl sites for hydroxylation is 3. The Kier molecular flexibility index (Phi) is 25.2. The SMILES string of the molecule is C=CC(=O)N1CC2CCOc3c(c4cc(Cl)c(-c5cc(N)ccc5Cl)nc4n(-c4c(C)ccnc4C(C)C)c3=O)N2CC1C.C=CC(=O)N1CC2COc3c(c4cc(F)c(-c5cc(O)cc(Cl)c5Cl)nc4n(-c4c(C)ccnc4C(C)C)c3=O)N2CC1C.C=CC(=O)N1CC2Cc3c(c4cc(Cl)c(-c5cc(N)ccc5Cl)nc4n(-c4c(C)ccnc4C(C)C)c3=O)N2CC1C. The number of aromatic hydroxyl groups is 1. The molecule has 12 aromatic rings. The molecule has 0 aliphatic carbocycles. The van der Waals surface area contributed by atoms with Gasteiger partial charge in [0, 0.05) is 145 Å². The maximum atomic E-state index is 16.2. The fraction of sp³-hybridized carbons (Fsp3) is 0.320. The number of hydrogen-bond acceptors (Lipinski definition) is 20. The van der Waals surface area contributed by atoms with E-state index in [4.69, 9.17) is 105 Å². The van der Waals surface area contributed by atoms with E-state index in [0.717, 1.165) is 39.2 Å². The Bertz CT molecular complexity index is 6960. The molecular weight excluding hydrogens is 1780 g/mol. The molecule has 9 aromatic heterocycles. The van der Waals surface area contributed by atoms with Crippen LogP contribution < -0.4 is 52.3 Å². The molecule has 0 spiro atoms. The number of ether oxygens (including phenoxy) is 2. The minimum Gasteiger partial charge on any atom is -0.508 e.